The van der Waals surface area contributed by atoms with Crippen LogP contribution in [0.15, 0.2) is 42.5 Å². The molecule has 1 saturated heterocycles. The number of ether oxygens (including phenoxy) is 3. The van der Waals surface area contributed by atoms with Crippen LogP contribution in [-0.4, -0.2) is 84.1 Å². The molecule has 2 unspecified atom stereocenters. The van der Waals surface area contributed by atoms with E-state index in [0.717, 1.165) is 5.56 Å². The van der Waals surface area contributed by atoms with Gasteiger partial charge in [0.25, 0.3) is 0 Å². The molecule has 13 heteroatoms. The standard InChI is InChI=1S/C25H29N3O9S/c1-28-16-10-14(36-25-21(31)19(29)20(30)22(37-25)24(33)34)7-8-15(16)27-18(28)11-35-13-5-3-12(4-6-13)9-17(38-2)23(26)32/h3-8,10,17,19-22,25,29-31H,9,11H2,1-2H3,(H2,26,32)(H,33,34)/t17?,19-,20?,21+,22-,25+/m0/s1. The molecular formula is C25H29N3O9S. The number of benzene rings is 2. The molecule has 6 atom stereocenters. The summed E-state index contributed by atoms with van der Waals surface area (Å²) < 4.78 is 18.5. The highest BCUT2D eigenvalue weighted by Gasteiger charge is 2.48. The van der Waals surface area contributed by atoms with Gasteiger partial charge in [0.15, 0.2) is 6.10 Å². The topological polar surface area (TPSA) is 187 Å². The number of carboxylic acids is 1. The number of nitrogens with zero attached hydrogens (tertiary/aromatic N) is 2. The van der Waals surface area contributed by atoms with E-state index in [1.165, 1.54) is 11.8 Å². The SMILES string of the molecule is CSC(Cc1ccc(OCc2nc3ccc(O[C@@H]4O[C@H](C(=O)O)C(O)[C@H](O)[C@H]4O)cc3n2C)cc1)C(N)=O. The predicted octanol–water partition coefficient (Wildman–Crippen LogP) is 0.183. The highest BCUT2D eigenvalue weighted by molar-refractivity contribution is 7.99. The Morgan fingerprint density at radius 3 is 2.42 bits per heavy atom. The molecule has 2 aromatic carbocycles. The lowest BCUT2D eigenvalue weighted by molar-refractivity contribution is -0.271. The lowest BCUT2D eigenvalue weighted by Gasteiger charge is -2.38. The number of aliphatic hydroxyl groups excluding tert-OH is 3. The zero-order valence-corrected chi connectivity index (χ0v) is 21.4. The molecule has 1 aliphatic rings. The molecule has 1 amide bonds. The summed E-state index contributed by atoms with van der Waals surface area (Å²) in [7, 11) is 1.79. The van der Waals surface area contributed by atoms with Gasteiger partial charge in [-0.1, -0.05) is 12.1 Å². The van der Waals surface area contributed by atoms with Crippen molar-refractivity contribution in [1.82, 2.24) is 9.55 Å². The average Bonchev–Trinajstić information content (AvgIpc) is 3.21. The number of hydrogen-bond donors (Lipinski definition) is 5. The lowest BCUT2D eigenvalue weighted by atomic mass is 9.99. The minimum atomic E-state index is -1.80. The number of carboxylic acid groups (broad SMARTS) is 1. The minimum absolute atomic E-state index is 0.171. The Morgan fingerprint density at radius 1 is 1.11 bits per heavy atom. The summed E-state index contributed by atoms with van der Waals surface area (Å²) in [4.78, 5) is 27.4. The van der Waals surface area contributed by atoms with Gasteiger partial charge in [-0.15, -0.1) is 0 Å². The molecule has 6 N–H and O–H groups in total. The van der Waals surface area contributed by atoms with E-state index in [9.17, 15) is 30.0 Å². The number of carbonyl (C=O) groups excluding carboxylic acids is 1. The van der Waals surface area contributed by atoms with Crippen molar-refractivity contribution in [3.05, 3.63) is 53.9 Å². The second-order valence-corrected chi connectivity index (χ2v) is 9.89. The number of primary amides is 1. The van der Waals surface area contributed by atoms with Crippen molar-refractivity contribution < 1.29 is 44.2 Å². The third-order valence-electron chi connectivity index (χ3n) is 6.32. The summed E-state index contributed by atoms with van der Waals surface area (Å²) in [5, 5.41) is 39.0. The third kappa shape index (κ3) is 5.87. The van der Waals surface area contributed by atoms with Gasteiger partial charge in [0.05, 0.1) is 16.3 Å². The number of aliphatic hydroxyl groups is 3. The highest BCUT2D eigenvalue weighted by atomic mass is 32.2. The molecule has 1 fully saturated rings. The van der Waals surface area contributed by atoms with Gasteiger partial charge in [-0.3, -0.25) is 4.79 Å². The van der Waals surface area contributed by atoms with Gasteiger partial charge < -0.3 is 44.9 Å². The second kappa shape index (κ2) is 11.6. The Labute approximate surface area is 221 Å². The van der Waals surface area contributed by atoms with Crippen molar-refractivity contribution in [2.24, 2.45) is 12.8 Å². The van der Waals surface area contributed by atoms with E-state index in [2.05, 4.69) is 4.98 Å². The molecule has 0 radical (unpaired) electrons. The molecule has 204 valence electrons. The third-order valence-corrected chi connectivity index (χ3v) is 7.29. The van der Waals surface area contributed by atoms with Gasteiger partial charge in [0.2, 0.25) is 12.2 Å². The monoisotopic (exact) mass is 547 g/mol. The van der Waals surface area contributed by atoms with Crippen LogP contribution >= 0.6 is 11.8 Å². The van der Waals surface area contributed by atoms with Crippen LogP contribution in [0.3, 0.4) is 0 Å². The van der Waals surface area contributed by atoms with E-state index in [1.807, 2.05) is 30.5 Å². The molecule has 0 aliphatic carbocycles. The Balaban J connectivity index is 1.43. The summed E-state index contributed by atoms with van der Waals surface area (Å²) in [6.07, 6.45) is -6.12. The van der Waals surface area contributed by atoms with Crippen LogP contribution in [0.5, 0.6) is 11.5 Å². The first-order valence-corrected chi connectivity index (χ1v) is 13.0. The fourth-order valence-corrected chi connectivity index (χ4v) is 4.68. The van der Waals surface area contributed by atoms with Crippen LogP contribution in [-0.2, 0) is 34.4 Å². The number of amides is 1. The maximum absolute atomic E-state index is 11.5. The van der Waals surface area contributed by atoms with Crippen LogP contribution in [0, 0.1) is 0 Å². The van der Waals surface area contributed by atoms with Gasteiger partial charge >= 0.3 is 5.97 Å². The van der Waals surface area contributed by atoms with E-state index in [0.29, 0.717) is 29.0 Å². The second-order valence-electron chi connectivity index (χ2n) is 8.85. The number of nitrogens with two attached hydrogens (primary N) is 1. The van der Waals surface area contributed by atoms with Gasteiger partial charge in [0, 0.05) is 13.1 Å². The van der Waals surface area contributed by atoms with Gasteiger partial charge in [-0.25, -0.2) is 9.78 Å². The molecule has 12 nitrogen and oxygen atoms in total. The number of aromatic nitrogens is 2. The summed E-state index contributed by atoms with van der Waals surface area (Å²) in [6.45, 7) is 0.171. The van der Waals surface area contributed by atoms with E-state index in [-0.39, 0.29) is 23.5 Å². The lowest BCUT2D eigenvalue weighted by Crippen LogP contribution is -2.61. The molecule has 2 heterocycles. The molecule has 1 aromatic heterocycles. The van der Waals surface area contributed by atoms with Crippen molar-refractivity contribution in [3.63, 3.8) is 0 Å². The van der Waals surface area contributed by atoms with Crippen molar-refractivity contribution >= 4 is 34.7 Å². The quantitative estimate of drug-likeness (QED) is 0.233. The van der Waals surface area contributed by atoms with Crippen LogP contribution in [0.1, 0.15) is 11.4 Å². The molecule has 1 aliphatic heterocycles. The van der Waals surface area contributed by atoms with Crippen LogP contribution in [0.4, 0.5) is 0 Å². The fraction of sp³-hybridized carbons (Fsp3) is 0.400. The summed E-state index contributed by atoms with van der Waals surface area (Å²) in [5.74, 6) is -0.359. The number of fused-ring (bicyclic) bond motifs is 1. The fourth-order valence-electron chi connectivity index (χ4n) is 4.09. The number of aliphatic carboxylic acids is 1. The smallest absolute Gasteiger partial charge is 0.335 e. The number of rotatable bonds is 10. The summed E-state index contributed by atoms with van der Waals surface area (Å²) in [5.41, 5.74) is 7.70. The van der Waals surface area contributed by atoms with E-state index in [4.69, 9.17) is 19.9 Å². The molecule has 3 aromatic rings. The normalized spacial score (nSPS) is 24.2. The molecule has 38 heavy (non-hydrogen) atoms. The zero-order chi connectivity index (χ0) is 27.6. The number of thioether (sulfide) groups is 1. The van der Waals surface area contributed by atoms with Crippen LogP contribution < -0.4 is 15.2 Å². The van der Waals surface area contributed by atoms with Crippen LogP contribution in [0.2, 0.25) is 0 Å². The number of imidazole rings is 1. The van der Waals surface area contributed by atoms with Gasteiger partial charge in [-0.2, -0.15) is 11.8 Å². The van der Waals surface area contributed by atoms with Gasteiger partial charge in [-0.05, 0) is 42.5 Å². The first kappa shape index (κ1) is 27.7. The molecule has 0 saturated carbocycles. The first-order valence-electron chi connectivity index (χ1n) is 11.7. The maximum atomic E-state index is 11.5. The number of carbonyl (C=O) groups is 2. The Bertz CT molecular complexity index is 1300. The van der Waals surface area contributed by atoms with Crippen molar-refractivity contribution in [2.75, 3.05) is 6.26 Å². The molecule has 4 rings (SSSR count). The highest BCUT2D eigenvalue weighted by Crippen LogP contribution is 2.27. The van der Waals surface area contributed by atoms with E-state index < -0.39 is 36.7 Å². The largest absolute Gasteiger partial charge is 0.486 e. The maximum Gasteiger partial charge on any atom is 0.335 e. The predicted molar refractivity (Wildman–Crippen MR) is 137 cm³/mol. The van der Waals surface area contributed by atoms with Crippen molar-refractivity contribution in [1.29, 1.82) is 0 Å². The summed E-state index contributed by atoms with van der Waals surface area (Å²) >= 11 is 1.41. The van der Waals surface area contributed by atoms with E-state index >= 15 is 0 Å². The number of hydrogen-bond acceptors (Lipinski definition) is 10. The Hall–Kier alpha value is -3.36. The van der Waals surface area contributed by atoms with Gasteiger partial charge in [0.1, 0.15) is 42.2 Å². The summed E-state index contributed by atoms with van der Waals surface area (Å²) in [6, 6.07) is 12.3. The minimum Gasteiger partial charge on any atom is -0.486 e. The van der Waals surface area contributed by atoms with Crippen LogP contribution in [0.25, 0.3) is 11.0 Å². The molecular weight excluding hydrogens is 518 g/mol. The van der Waals surface area contributed by atoms with E-state index in [1.54, 1.807) is 29.8 Å². The van der Waals surface area contributed by atoms with Crippen molar-refractivity contribution in [2.45, 2.75) is 49.0 Å². The number of aryl methyl sites for hydroxylation is 1. The first-order chi connectivity index (χ1) is 18.1. The average molecular weight is 548 g/mol. The molecule has 0 spiro atoms. The Kier molecular flexibility index (Phi) is 8.43. The molecule has 0 bridgehead atoms. The Morgan fingerprint density at radius 2 is 1.79 bits per heavy atom. The van der Waals surface area contributed by atoms with Crippen molar-refractivity contribution in [3.8, 4) is 11.5 Å². The zero-order valence-electron chi connectivity index (χ0n) is 20.6.